The summed E-state index contributed by atoms with van der Waals surface area (Å²) in [6.07, 6.45) is 4.03. The third kappa shape index (κ3) is 3.80. The number of amides is 1. The Hall–Kier alpha value is -0.610. The van der Waals surface area contributed by atoms with Crippen molar-refractivity contribution in [2.75, 3.05) is 26.2 Å². The first kappa shape index (κ1) is 12.5. The number of nitrogens with zero attached hydrogens (tertiary/aromatic N) is 1. The summed E-state index contributed by atoms with van der Waals surface area (Å²) in [7, 11) is 0. The highest BCUT2D eigenvalue weighted by molar-refractivity contribution is 5.78. The molecule has 1 atom stereocenters. The lowest BCUT2D eigenvalue weighted by Crippen LogP contribution is -2.47. The van der Waals surface area contributed by atoms with Gasteiger partial charge in [-0.05, 0) is 32.2 Å². The minimum Gasteiger partial charge on any atom is -0.396 e. The molecular formula is C11H22N2O2. The van der Waals surface area contributed by atoms with Gasteiger partial charge in [0.05, 0.1) is 6.54 Å². The average molecular weight is 214 g/mol. The van der Waals surface area contributed by atoms with E-state index in [1.165, 1.54) is 6.42 Å². The van der Waals surface area contributed by atoms with Crippen molar-refractivity contribution < 1.29 is 9.90 Å². The summed E-state index contributed by atoms with van der Waals surface area (Å²) in [5.74, 6) is 0.176. The van der Waals surface area contributed by atoms with E-state index in [0.29, 0.717) is 6.54 Å². The van der Waals surface area contributed by atoms with Crippen LogP contribution in [0.2, 0.25) is 0 Å². The second kappa shape index (κ2) is 6.80. The van der Waals surface area contributed by atoms with Crippen LogP contribution < -0.4 is 5.32 Å². The normalized spacial score (nSPS) is 21.7. The molecule has 0 bridgehead atoms. The fraction of sp³-hybridized carbons (Fsp3) is 0.909. The van der Waals surface area contributed by atoms with Crippen LogP contribution in [0.5, 0.6) is 0 Å². The number of piperidine rings is 1. The van der Waals surface area contributed by atoms with E-state index in [-0.39, 0.29) is 18.6 Å². The predicted molar refractivity (Wildman–Crippen MR) is 59.6 cm³/mol. The van der Waals surface area contributed by atoms with Crippen LogP contribution in [-0.4, -0.2) is 48.2 Å². The SMILES string of the molecule is CCNCC(=O)N1CCCCC1CCO. The first-order chi connectivity index (χ1) is 7.29. The summed E-state index contributed by atoms with van der Waals surface area (Å²) >= 11 is 0. The van der Waals surface area contributed by atoms with Crippen molar-refractivity contribution in [3.8, 4) is 0 Å². The van der Waals surface area contributed by atoms with Crippen LogP contribution in [0, 0.1) is 0 Å². The maximum Gasteiger partial charge on any atom is 0.236 e. The molecule has 0 aromatic carbocycles. The maximum absolute atomic E-state index is 11.8. The number of hydrogen-bond donors (Lipinski definition) is 2. The topological polar surface area (TPSA) is 52.6 Å². The van der Waals surface area contributed by atoms with E-state index < -0.39 is 0 Å². The van der Waals surface area contributed by atoms with Crippen molar-refractivity contribution in [3.05, 3.63) is 0 Å². The zero-order valence-corrected chi connectivity index (χ0v) is 9.54. The summed E-state index contributed by atoms with van der Waals surface area (Å²) < 4.78 is 0. The van der Waals surface area contributed by atoms with Crippen LogP contribution in [0.15, 0.2) is 0 Å². The maximum atomic E-state index is 11.8. The molecule has 2 N–H and O–H groups in total. The smallest absolute Gasteiger partial charge is 0.236 e. The Morgan fingerprint density at radius 3 is 3.00 bits per heavy atom. The largest absolute Gasteiger partial charge is 0.396 e. The van der Waals surface area contributed by atoms with Crippen molar-refractivity contribution in [3.63, 3.8) is 0 Å². The summed E-state index contributed by atoms with van der Waals surface area (Å²) in [4.78, 5) is 13.8. The van der Waals surface area contributed by atoms with Gasteiger partial charge in [-0.2, -0.15) is 0 Å². The molecule has 15 heavy (non-hydrogen) atoms. The molecule has 0 radical (unpaired) electrons. The molecule has 0 aliphatic carbocycles. The molecule has 1 aliphatic heterocycles. The van der Waals surface area contributed by atoms with Gasteiger partial charge in [-0.25, -0.2) is 0 Å². The molecule has 4 heteroatoms. The Labute approximate surface area is 91.6 Å². The van der Waals surface area contributed by atoms with E-state index >= 15 is 0 Å². The number of hydrogen-bond acceptors (Lipinski definition) is 3. The highest BCUT2D eigenvalue weighted by Gasteiger charge is 2.25. The Bertz CT molecular complexity index is 195. The Morgan fingerprint density at radius 1 is 1.53 bits per heavy atom. The molecule has 0 aromatic heterocycles. The standard InChI is InChI=1S/C11H22N2O2/c1-2-12-9-11(15)13-7-4-3-5-10(13)6-8-14/h10,12,14H,2-9H2,1H3. The van der Waals surface area contributed by atoms with Crippen LogP contribution in [0.25, 0.3) is 0 Å². The first-order valence-electron chi connectivity index (χ1n) is 5.90. The average Bonchev–Trinajstić information content (AvgIpc) is 2.27. The fourth-order valence-electron chi connectivity index (χ4n) is 2.11. The molecule has 0 spiro atoms. The lowest BCUT2D eigenvalue weighted by molar-refractivity contribution is -0.134. The van der Waals surface area contributed by atoms with E-state index in [1.807, 2.05) is 11.8 Å². The first-order valence-corrected chi connectivity index (χ1v) is 5.90. The van der Waals surface area contributed by atoms with Gasteiger partial charge in [0.1, 0.15) is 0 Å². The van der Waals surface area contributed by atoms with Gasteiger partial charge in [-0.15, -0.1) is 0 Å². The number of nitrogens with one attached hydrogen (secondary N) is 1. The van der Waals surface area contributed by atoms with Crippen LogP contribution >= 0.6 is 0 Å². The molecule has 1 rings (SSSR count). The van der Waals surface area contributed by atoms with E-state index in [1.54, 1.807) is 0 Å². The molecule has 1 amide bonds. The predicted octanol–water partition coefficient (Wildman–Crippen LogP) is 0.359. The number of rotatable bonds is 5. The molecule has 1 aliphatic rings. The van der Waals surface area contributed by atoms with Crippen LogP contribution in [-0.2, 0) is 4.79 Å². The van der Waals surface area contributed by atoms with Crippen molar-refractivity contribution >= 4 is 5.91 Å². The highest BCUT2D eigenvalue weighted by atomic mass is 16.3. The van der Waals surface area contributed by atoms with Crippen molar-refractivity contribution in [2.45, 2.75) is 38.6 Å². The Balaban J connectivity index is 2.43. The minimum atomic E-state index is 0.176. The second-order valence-electron chi connectivity index (χ2n) is 4.03. The van der Waals surface area contributed by atoms with Crippen LogP contribution in [0.3, 0.4) is 0 Å². The quantitative estimate of drug-likeness (QED) is 0.695. The highest BCUT2D eigenvalue weighted by Crippen LogP contribution is 2.19. The summed E-state index contributed by atoms with van der Waals surface area (Å²) in [6.45, 7) is 4.28. The number of likely N-dealkylation sites (N-methyl/N-ethyl adjacent to an activating group) is 1. The second-order valence-corrected chi connectivity index (χ2v) is 4.03. The molecule has 4 nitrogen and oxygen atoms in total. The Morgan fingerprint density at radius 2 is 2.33 bits per heavy atom. The number of likely N-dealkylation sites (tertiary alicyclic amines) is 1. The van der Waals surface area contributed by atoms with E-state index in [2.05, 4.69) is 5.32 Å². The summed E-state index contributed by atoms with van der Waals surface area (Å²) in [5.41, 5.74) is 0. The molecule has 1 heterocycles. The fourth-order valence-corrected chi connectivity index (χ4v) is 2.11. The number of aliphatic hydroxyl groups excluding tert-OH is 1. The molecule has 1 fully saturated rings. The molecular weight excluding hydrogens is 192 g/mol. The molecule has 1 unspecified atom stereocenters. The van der Waals surface area contributed by atoms with Crippen molar-refractivity contribution in [1.82, 2.24) is 10.2 Å². The van der Waals surface area contributed by atoms with Crippen molar-refractivity contribution in [1.29, 1.82) is 0 Å². The van der Waals surface area contributed by atoms with Gasteiger partial charge in [-0.3, -0.25) is 4.79 Å². The van der Waals surface area contributed by atoms with Crippen LogP contribution in [0.4, 0.5) is 0 Å². The van der Waals surface area contributed by atoms with Gasteiger partial charge in [0.25, 0.3) is 0 Å². The third-order valence-corrected chi connectivity index (χ3v) is 2.94. The lowest BCUT2D eigenvalue weighted by atomic mass is 9.99. The third-order valence-electron chi connectivity index (χ3n) is 2.94. The van der Waals surface area contributed by atoms with Gasteiger partial charge in [0.2, 0.25) is 5.91 Å². The lowest BCUT2D eigenvalue weighted by Gasteiger charge is -2.35. The van der Waals surface area contributed by atoms with Crippen LogP contribution in [0.1, 0.15) is 32.6 Å². The van der Waals surface area contributed by atoms with Gasteiger partial charge in [0, 0.05) is 19.2 Å². The molecule has 1 saturated heterocycles. The molecule has 0 saturated carbocycles. The molecule has 0 aromatic rings. The molecule has 88 valence electrons. The van der Waals surface area contributed by atoms with Crippen molar-refractivity contribution in [2.24, 2.45) is 0 Å². The van der Waals surface area contributed by atoms with E-state index in [4.69, 9.17) is 5.11 Å². The van der Waals surface area contributed by atoms with Gasteiger partial charge in [-0.1, -0.05) is 6.92 Å². The number of carbonyl (C=O) groups excluding carboxylic acids is 1. The van der Waals surface area contributed by atoms with Gasteiger partial charge in [0.15, 0.2) is 0 Å². The number of aliphatic hydroxyl groups is 1. The zero-order chi connectivity index (χ0) is 11.1. The monoisotopic (exact) mass is 214 g/mol. The summed E-state index contributed by atoms with van der Waals surface area (Å²) in [5, 5.41) is 12.0. The van der Waals surface area contributed by atoms with Gasteiger partial charge >= 0.3 is 0 Å². The Kier molecular flexibility index (Phi) is 5.65. The van der Waals surface area contributed by atoms with E-state index in [0.717, 1.165) is 32.4 Å². The van der Waals surface area contributed by atoms with Gasteiger partial charge < -0.3 is 15.3 Å². The summed E-state index contributed by atoms with van der Waals surface area (Å²) in [6, 6.07) is 0.259. The number of carbonyl (C=O) groups is 1. The van der Waals surface area contributed by atoms with E-state index in [9.17, 15) is 4.79 Å². The zero-order valence-electron chi connectivity index (χ0n) is 9.54. The minimum absolute atomic E-state index is 0.176.